The van der Waals surface area contributed by atoms with E-state index in [0.29, 0.717) is 5.92 Å². The van der Waals surface area contributed by atoms with Crippen molar-refractivity contribution < 1.29 is 0 Å². The molecule has 0 amide bonds. The van der Waals surface area contributed by atoms with Gasteiger partial charge in [0.1, 0.15) is 0 Å². The SMILES string of the molecule is CCC(C)c1cccc2c(CCCCN)c(-c3cccc4nc(C)ccc34)[nH]c12. The highest BCUT2D eigenvalue weighted by Crippen LogP contribution is 2.38. The van der Waals surface area contributed by atoms with E-state index < -0.39 is 0 Å². The highest BCUT2D eigenvalue weighted by molar-refractivity contribution is 6.00. The van der Waals surface area contributed by atoms with Crippen LogP contribution in [0.1, 0.15) is 55.8 Å². The van der Waals surface area contributed by atoms with Crippen LogP contribution in [0.15, 0.2) is 48.5 Å². The van der Waals surface area contributed by atoms with E-state index in [1.165, 1.54) is 38.7 Å². The average Bonchev–Trinajstić information content (AvgIpc) is 3.11. The minimum Gasteiger partial charge on any atom is -0.354 e. The number of para-hydroxylation sites is 1. The molecule has 3 N–H and O–H groups in total. The van der Waals surface area contributed by atoms with Gasteiger partial charge in [-0.05, 0) is 68.3 Å². The lowest BCUT2D eigenvalue weighted by atomic mass is 9.94. The number of hydrogen-bond acceptors (Lipinski definition) is 2. The van der Waals surface area contributed by atoms with Gasteiger partial charge < -0.3 is 10.7 Å². The Kier molecular flexibility index (Phi) is 5.68. The Morgan fingerprint density at radius 3 is 2.62 bits per heavy atom. The summed E-state index contributed by atoms with van der Waals surface area (Å²) in [5.41, 5.74) is 14.5. The third kappa shape index (κ3) is 3.67. The van der Waals surface area contributed by atoms with Crippen LogP contribution in [0.4, 0.5) is 0 Å². The number of aromatic nitrogens is 2. The second-order valence-corrected chi connectivity index (χ2v) is 8.13. The van der Waals surface area contributed by atoms with E-state index in [1.807, 2.05) is 6.92 Å². The minimum atomic E-state index is 0.527. The molecule has 2 aromatic carbocycles. The molecule has 0 saturated heterocycles. The van der Waals surface area contributed by atoms with Crippen LogP contribution in [-0.2, 0) is 6.42 Å². The van der Waals surface area contributed by atoms with Crippen LogP contribution in [0.25, 0.3) is 33.1 Å². The molecule has 4 rings (SSSR count). The van der Waals surface area contributed by atoms with E-state index in [9.17, 15) is 0 Å². The standard InChI is InChI=1S/C26H31N3/c1-4-17(2)19-10-7-11-23-22(9-5-6-16-27)26(29-25(19)23)21-12-8-13-24-20(21)15-14-18(3)28-24/h7-8,10-15,17,29H,4-6,9,16,27H2,1-3H3. The lowest BCUT2D eigenvalue weighted by Crippen LogP contribution is -1.99. The van der Waals surface area contributed by atoms with Gasteiger partial charge in [0.05, 0.1) is 11.2 Å². The van der Waals surface area contributed by atoms with Crippen LogP contribution >= 0.6 is 0 Å². The predicted octanol–water partition coefficient (Wildman–Crippen LogP) is 6.49. The van der Waals surface area contributed by atoms with Crippen molar-refractivity contribution in [3.8, 4) is 11.3 Å². The number of unbranched alkanes of at least 4 members (excludes halogenated alkanes) is 1. The zero-order chi connectivity index (χ0) is 20.4. The number of aryl methyl sites for hydroxylation is 2. The van der Waals surface area contributed by atoms with Crippen LogP contribution in [0.2, 0.25) is 0 Å². The van der Waals surface area contributed by atoms with Crippen molar-refractivity contribution in [1.82, 2.24) is 9.97 Å². The van der Waals surface area contributed by atoms with E-state index in [2.05, 4.69) is 67.4 Å². The zero-order valence-electron chi connectivity index (χ0n) is 17.8. The Morgan fingerprint density at radius 2 is 1.83 bits per heavy atom. The highest BCUT2D eigenvalue weighted by Gasteiger charge is 2.18. The quantitative estimate of drug-likeness (QED) is 0.357. The summed E-state index contributed by atoms with van der Waals surface area (Å²) in [5, 5.41) is 2.56. The van der Waals surface area contributed by atoms with Gasteiger partial charge in [-0.3, -0.25) is 4.98 Å². The first-order valence-corrected chi connectivity index (χ1v) is 10.8. The molecule has 2 heterocycles. The lowest BCUT2D eigenvalue weighted by molar-refractivity contribution is 0.738. The van der Waals surface area contributed by atoms with Crippen molar-refractivity contribution in [3.05, 3.63) is 65.4 Å². The van der Waals surface area contributed by atoms with Crippen molar-refractivity contribution >= 4 is 21.8 Å². The molecule has 0 aliphatic heterocycles. The summed E-state index contributed by atoms with van der Waals surface area (Å²) in [5.74, 6) is 0.527. The van der Waals surface area contributed by atoms with Crippen molar-refractivity contribution in [3.63, 3.8) is 0 Å². The molecular weight excluding hydrogens is 354 g/mol. The summed E-state index contributed by atoms with van der Waals surface area (Å²) < 4.78 is 0. The summed E-state index contributed by atoms with van der Waals surface area (Å²) in [6, 6.07) is 17.5. The largest absolute Gasteiger partial charge is 0.354 e. The van der Waals surface area contributed by atoms with Gasteiger partial charge in [0.2, 0.25) is 0 Å². The second kappa shape index (κ2) is 8.38. The maximum atomic E-state index is 5.78. The Balaban J connectivity index is 1.97. The first kappa shape index (κ1) is 19.7. The number of benzene rings is 2. The lowest BCUT2D eigenvalue weighted by Gasteiger charge is -2.10. The molecule has 4 aromatic rings. The molecule has 0 fully saturated rings. The monoisotopic (exact) mass is 385 g/mol. The van der Waals surface area contributed by atoms with Gasteiger partial charge in [0, 0.05) is 27.5 Å². The van der Waals surface area contributed by atoms with Gasteiger partial charge >= 0.3 is 0 Å². The molecule has 0 aliphatic carbocycles. The van der Waals surface area contributed by atoms with Crippen LogP contribution in [0, 0.1) is 6.92 Å². The van der Waals surface area contributed by atoms with Crippen molar-refractivity contribution in [2.24, 2.45) is 5.73 Å². The Hall–Kier alpha value is -2.65. The summed E-state index contributed by atoms with van der Waals surface area (Å²) in [6.45, 7) is 7.36. The van der Waals surface area contributed by atoms with E-state index in [4.69, 9.17) is 10.7 Å². The van der Waals surface area contributed by atoms with Crippen LogP contribution < -0.4 is 5.73 Å². The van der Waals surface area contributed by atoms with E-state index in [-0.39, 0.29) is 0 Å². The molecule has 0 spiro atoms. The number of nitrogens with two attached hydrogens (primary N) is 1. The average molecular weight is 386 g/mol. The predicted molar refractivity (Wildman–Crippen MR) is 124 cm³/mol. The van der Waals surface area contributed by atoms with Crippen molar-refractivity contribution in [2.45, 2.75) is 52.4 Å². The number of nitrogens with zero attached hydrogens (tertiary/aromatic N) is 1. The first-order chi connectivity index (χ1) is 14.1. The van der Waals surface area contributed by atoms with Crippen LogP contribution in [0.3, 0.4) is 0 Å². The minimum absolute atomic E-state index is 0.527. The topological polar surface area (TPSA) is 54.7 Å². The molecule has 1 unspecified atom stereocenters. The zero-order valence-corrected chi connectivity index (χ0v) is 17.8. The van der Waals surface area contributed by atoms with Gasteiger partial charge in [-0.25, -0.2) is 0 Å². The maximum Gasteiger partial charge on any atom is 0.0711 e. The van der Waals surface area contributed by atoms with E-state index >= 15 is 0 Å². The molecule has 3 heteroatoms. The van der Waals surface area contributed by atoms with Crippen LogP contribution in [0.5, 0.6) is 0 Å². The molecule has 150 valence electrons. The Labute approximate surface area is 173 Å². The van der Waals surface area contributed by atoms with Gasteiger partial charge in [-0.15, -0.1) is 0 Å². The van der Waals surface area contributed by atoms with Crippen molar-refractivity contribution in [1.29, 1.82) is 0 Å². The van der Waals surface area contributed by atoms with E-state index in [0.717, 1.165) is 43.4 Å². The second-order valence-electron chi connectivity index (χ2n) is 8.13. The number of fused-ring (bicyclic) bond motifs is 2. The van der Waals surface area contributed by atoms with Gasteiger partial charge in [-0.1, -0.05) is 50.2 Å². The number of aromatic amines is 1. The van der Waals surface area contributed by atoms with Crippen molar-refractivity contribution in [2.75, 3.05) is 6.54 Å². The third-order valence-electron chi connectivity index (χ3n) is 6.14. The molecule has 0 saturated carbocycles. The fraction of sp³-hybridized carbons (Fsp3) is 0.346. The Morgan fingerprint density at radius 1 is 1.00 bits per heavy atom. The molecule has 2 aromatic heterocycles. The summed E-state index contributed by atoms with van der Waals surface area (Å²) in [4.78, 5) is 8.59. The summed E-state index contributed by atoms with van der Waals surface area (Å²) in [6.07, 6.45) is 4.32. The number of nitrogens with one attached hydrogen (secondary N) is 1. The molecule has 0 aliphatic rings. The van der Waals surface area contributed by atoms with Gasteiger partial charge in [0.25, 0.3) is 0 Å². The van der Waals surface area contributed by atoms with Gasteiger partial charge in [-0.2, -0.15) is 0 Å². The highest BCUT2D eigenvalue weighted by atomic mass is 14.7. The first-order valence-electron chi connectivity index (χ1n) is 10.8. The van der Waals surface area contributed by atoms with Gasteiger partial charge in [0.15, 0.2) is 0 Å². The number of rotatable bonds is 7. The molecule has 0 radical (unpaired) electrons. The van der Waals surface area contributed by atoms with E-state index in [1.54, 1.807) is 0 Å². The number of hydrogen-bond donors (Lipinski definition) is 2. The fourth-order valence-electron chi connectivity index (χ4n) is 4.34. The molecule has 0 bridgehead atoms. The number of H-pyrrole nitrogens is 1. The summed E-state index contributed by atoms with van der Waals surface area (Å²) in [7, 11) is 0. The fourth-order valence-corrected chi connectivity index (χ4v) is 4.34. The summed E-state index contributed by atoms with van der Waals surface area (Å²) >= 11 is 0. The number of pyridine rings is 1. The maximum absolute atomic E-state index is 5.78. The van der Waals surface area contributed by atoms with Crippen LogP contribution in [-0.4, -0.2) is 16.5 Å². The molecule has 3 nitrogen and oxygen atoms in total. The smallest absolute Gasteiger partial charge is 0.0711 e. The molecule has 1 atom stereocenters. The molecule has 29 heavy (non-hydrogen) atoms. The Bertz CT molecular complexity index is 1140. The third-order valence-corrected chi connectivity index (χ3v) is 6.14. The normalized spacial score (nSPS) is 12.7. The molecular formula is C26H31N3.